The van der Waals surface area contributed by atoms with Crippen LogP contribution in [-0.2, 0) is 94.6 Å². The van der Waals surface area contributed by atoms with Crippen molar-refractivity contribution in [2.75, 3.05) is 19.8 Å². The zero-order chi connectivity index (χ0) is 62.7. The smallest absolute Gasteiger partial charge is 0.262 e. The van der Waals surface area contributed by atoms with Gasteiger partial charge in [0, 0.05) is 20.2 Å². The van der Waals surface area contributed by atoms with Gasteiger partial charge in [0.15, 0.2) is 25.2 Å². The summed E-state index contributed by atoms with van der Waals surface area (Å²) in [5.41, 5.74) is 5.58. The molecule has 2 amide bonds. The van der Waals surface area contributed by atoms with E-state index in [1.54, 1.807) is 31.2 Å². The molecule has 0 bridgehead atoms. The molecule has 0 aromatic heterocycles. The monoisotopic (exact) mass is 1260 g/mol. The van der Waals surface area contributed by atoms with Gasteiger partial charge in [0.1, 0.15) is 67.1 Å². The number of imide groups is 1. The number of amides is 2. The Morgan fingerprint density at radius 3 is 1.45 bits per heavy atom. The second-order valence-electron chi connectivity index (χ2n) is 24.9. The maximum absolute atomic E-state index is 15.2. The fourth-order valence-corrected chi connectivity index (χ4v) is 13.0. The van der Waals surface area contributed by atoms with Crippen molar-refractivity contribution in [1.29, 1.82) is 0 Å². The number of carbonyl (C=O) groups is 2. The Morgan fingerprint density at radius 2 is 0.923 bits per heavy atom. The minimum atomic E-state index is -1.75. The lowest BCUT2D eigenvalue weighted by molar-refractivity contribution is -0.404. The van der Waals surface area contributed by atoms with Gasteiger partial charge in [-0.2, -0.15) is 0 Å². The second-order valence-corrected chi connectivity index (χ2v) is 30.5. The highest BCUT2D eigenvalue weighted by Crippen LogP contribution is 2.43. The van der Waals surface area contributed by atoms with Crippen molar-refractivity contribution in [3.05, 3.63) is 251 Å². The SMILES string of the molecule is C[C@@H]1O[C@@H](O[C@H]2[C@H](O[C@H]3[C@@H]4OC(c5ccccc5)OC[C@H]4O[C@@H](OCC[Si](C)(C)C)[C@@H]3N3C(=O)c4ccccc4C3=O)O[C@H](COCc3ccccc3)[C@H](OCc3ccccc3)[C@@H]2OCc2ccccc2)[C@@H](OCc2ccccc2)[C@H](OCc2ccccc2)[C@@H]1O. The van der Waals surface area contributed by atoms with Crippen molar-refractivity contribution in [1.82, 2.24) is 4.90 Å². The number of hydrogen-bond donors (Lipinski definition) is 1. The van der Waals surface area contributed by atoms with Crippen LogP contribution in [0.5, 0.6) is 0 Å². The molecule has 0 spiro atoms. The van der Waals surface area contributed by atoms with E-state index in [2.05, 4.69) is 19.6 Å². The maximum atomic E-state index is 15.2. The topological polar surface area (TPSA) is 178 Å². The third-order valence-corrected chi connectivity index (χ3v) is 18.8. The van der Waals surface area contributed by atoms with Crippen LogP contribution in [0.1, 0.15) is 67.3 Å². The molecule has 4 saturated heterocycles. The molecular formula is C73H81NO16Si. The average molecular weight is 1260 g/mol. The first-order chi connectivity index (χ1) is 44.4. The van der Waals surface area contributed by atoms with Crippen molar-refractivity contribution in [2.45, 2.75) is 164 Å². The molecule has 0 saturated carbocycles. The van der Waals surface area contributed by atoms with Gasteiger partial charge in [-0.25, -0.2) is 0 Å². The fraction of sp³-hybridized carbons (Fsp3) is 0.397. The van der Waals surface area contributed by atoms with Crippen molar-refractivity contribution in [3.8, 4) is 0 Å². The number of aliphatic hydroxyl groups excluding tert-OH is 1. The van der Waals surface area contributed by atoms with Crippen LogP contribution in [0.3, 0.4) is 0 Å². The Labute approximate surface area is 533 Å². The van der Waals surface area contributed by atoms with E-state index in [1.165, 1.54) is 4.90 Å². The molecule has 0 aliphatic carbocycles. The molecule has 478 valence electrons. The maximum Gasteiger partial charge on any atom is 0.262 e. The summed E-state index contributed by atoms with van der Waals surface area (Å²) in [5, 5.41) is 12.2. The molecule has 5 heterocycles. The minimum absolute atomic E-state index is 0.0212. The van der Waals surface area contributed by atoms with Gasteiger partial charge >= 0.3 is 0 Å². The molecule has 5 aliphatic heterocycles. The van der Waals surface area contributed by atoms with Crippen LogP contribution < -0.4 is 0 Å². The van der Waals surface area contributed by atoms with E-state index in [9.17, 15) is 5.11 Å². The summed E-state index contributed by atoms with van der Waals surface area (Å²) < 4.78 is 91.9. The Bertz CT molecular complexity index is 3360. The first-order valence-electron chi connectivity index (χ1n) is 31.5. The summed E-state index contributed by atoms with van der Waals surface area (Å²) in [7, 11) is -1.75. The van der Waals surface area contributed by atoms with Gasteiger partial charge in [-0.3, -0.25) is 14.5 Å². The molecule has 7 aromatic carbocycles. The molecule has 17 nitrogen and oxygen atoms in total. The van der Waals surface area contributed by atoms with Gasteiger partial charge in [0.25, 0.3) is 11.8 Å². The minimum Gasteiger partial charge on any atom is -0.388 e. The van der Waals surface area contributed by atoms with Gasteiger partial charge in [-0.1, -0.05) is 214 Å². The Balaban J connectivity index is 1.01. The van der Waals surface area contributed by atoms with Gasteiger partial charge in [-0.15, -0.1) is 0 Å². The van der Waals surface area contributed by atoms with E-state index in [-0.39, 0.29) is 64.0 Å². The van der Waals surface area contributed by atoms with Crippen LogP contribution in [0.2, 0.25) is 25.7 Å². The third-order valence-electron chi connectivity index (χ3n) is 17.1. The van der Waals surface area contributed by atoms with E-state index >= 15 is 9.59 Å². The summed E-state index contributed by atoms with van der Waals surface area (Å²) in [6.45, 7) is 9.39. The lowest BCUT2D eigenvalue weighted by atomic mass is 9.93. The summed E-state index contributed by atoms with van der Waals surface area (Å²) >= 11 is 0. The highest BCUT2D eigenvalue weighted by Gasteiger charge is 2.61. The van der Waals surface area contributed by atoms with E-state index in [0.29, 0.717) is 0 Å². The molecule has 91 heavy (non-hydrogen) atoms. The number of hydrogen-bond acceptors (Lipinski definition) is 16. The first-order valence-corrected chi connectivity index (χ1v) is 35.2. The first kappa shape index (κ1) is 64.4. The predicted octanol–water partition coefficient (Wildman–Crippen LogP) is 11.0. The molecule has 7 aromatic rings. The van der Waals surface area contributed by atoms with Crippen LogP contribution in [-0.4, -0.2) is 142 Å². The Kier molecular flexibility index (Phi) is 21.5. The van der Waals surface area contributed by atoms with Crippen LogP contribution in [0.25, 0.3) is 0 Å². The van der Waals surface area contributed by atoms with Gasteiger partial charge in [-0.05, 0) is 52.9 Å². The Hall–Kier alpha value is -6.66. The van der Waals surface area contributed by atoms with E-state index in [0.717, 1.165) is 39.4 Å². The third kappa shape index (κ3) is 15.9. The molecule has 5 aliphatic rings. The predicted molar refractivity (Wildman–Crippen MR) is 338 cm³/mol. The normalized spacial score (nSPS) is 29.2. The number of nitrogens with zero attached hydrogens (tertiary/aromatic N) is 1. The summed E-state index contributed by atoms with van der Waals surface area (Å²) in [6, 6.07) is 64.5. The zero-order valence-electron chi connectivity index (χ0n) is 51.7. The molecule has 4 fully saturated rings. The highest BCUT2D eigenvalue weighted by atomic mass is 28.3. The molecule has 12 rings (SSSR count). The van der Waals surface area contributed by atoms with Crippen molar-refractivity contribution in [2.24, 2.45) is 0 Å². The summed E-state index contributed by atoms with van der Waals surface area (Å²) in [6.07, 6.45) is -16.7. The lowest BCUT2D eigenvalue weighted by Crippen LogP contribution is -2.71. The van der Waals surface area contributed by atoms with E-state index in [4.69, 9.17) is 61.6 Å². The lowest BCUT2D eigenvalue weighted by Gasteiger charge is -2.53. The second kappa shape index (κ2) is 30.4. The average Bonchev–Trinajstić information content (AvgIpc) is 1.73. The Morgan fingerprint density at radius 1 is 0.473 bits per heavy atom. The molecular weight excluding hydrogens is 1170 g/mol. The number of fused-ring (bicyclic) bond motifs is 2. The van der Waals surface area contributed by atoms with Gasteiger partial charge in [0.05, 0.1) is 63.5 Å². The van der Waals surface area contributed by atoms with Gasteiger partial charge in [0.2, 0.25) is 0 Å². The summed E-state index contributed by atoms with van der Waals surface area (Å²) in [5.74, 6) is -1.12. The van der Waals surface area contributed by atoms with Crippen LogP contribution in [0, 0.1) is 0 Å². The van der Waals surface area contributed by atoms with Crippen LogP contribution in [0.15, 0.2) is 206 Å². The standard InChI is InChI=1S/C73H81NO16Si/c1-48-60(75)64(81-43-51-29-15-7-16-30-51)66(83-45-53-33-19-9-20-34-53)72(85-48)90-67-65(82-44-52-31-17-8-18-32-52)61(80-42-50-27-13-6-14-28-50)57(46-78-41-49-25-11-5-12-26-49)87-73(67)89-63-59(74-68(76)55-37-23-24-38-56(55)69(74)77)71(79-39-40-91(2,3)4)86-58-47-84-70(88-62(58)63)54-35-21-10-22-36-54/h5-38,48,57-67,70-73,75H,39-47H2,1-4H3/t48-,57+,58+,59+,60+,61-,62+,63+,64+,65-,66-,67+,70?,71+,72-,73-/m0/s1. The number of aliphatic hydroxyl groups is 1. The van der Waals surface area contributed by atoms with Crippen LogP contribution in [0.4, 0.5) is 0 Å². The number of carbonyl (C=O) groups excluding carboxylic acids is 2. The molecule has 0 radical (unpaired) electrons. The molecule has 18 heteroatoms. The summed E-state index contributed by atoms with van der Waals surface area (Å²) in [4.78, 5) is 31.7. The molecule has 1 N–H and O–H groups in total. The number of ether oxygens (including phenoxy) is 13. The van der Waals surface area contributed by atoms with Gasteiger partial charge < -0.3 is 66.7 Å². The molecule has 16 atom stereocenters. The van der Waals surface area contributed by atoms with E-state index < -0.39 is 118 Å². The van der Waals surface area contributed by atoms with E-state index in [1.807, 2.05) is 182 Å². The quantitative estimate of drug-likeness (QED) is 0.0400. The fourth-order valence-electron chi connectivity index (χ4n) is 12.2. The highest BCUT2D eigenvalue weighted by molar-refractivity contribution is 6.76. The zero-order valence-corrected chi connectivity index (χ0v) is 52.7. The number of benzene rings is 7. The number of rotatable bonds is 26. The van der Waals surface area contributed by atoms with Crippen molar-refractivity contribution < 1.29 is 76.3 Å². The van der Waals surface area contributed by atoms with Crippen molar-refractivity contribution in [3.63, 3.8) is 0 Å². The molecule has 1 unspecified atom stereocenters. The largest absolute Gasteiger partial charge is 0.388 e. The van der Waals surface area contributed by atoms with Crippen molar-refractivity contribution >= 4 is 19.9 Å². The van der Waals surface area contributed by atoms with Crippen LogP contribution >= 0.6 is 0 Å².